The van der Waals surface area contributed by atoms with Crippen molar-refractivity contribution in [2.24, 2.45) is 0 Å². The summed E-state index contributed by atoms with van der Waals surface area (Å²) in [4.78, 5) is 0. The molecular weight excluding hydrogens is 173 g/mol. The summed E-state index contributed by atoms with van der Waals surface area (Å²) in [5.74, 6) is 0. The van der Waals surface area contributed by atoms with E-state index >= 15 is 0 Å². The summed E-state index contributed by atoms with van der Waals surface area (Å²) in [6.45, 7) is 2.25. The molecule has 0 unspecified atom stereocenters. The van der Waals surface area contributed by atoms with Crippen LogP contribution in [-0.2, 0) is 14.8 Å². The molecule has 0 saturated carbocycles. The quantitative estimate of drug-likeness (QED) is 0.554. The third-order valence-corrected chi connectivity index (χ3v) is 9.72. The first-order chi connectivity index (χ1) is 4.52. The molecule has 0 aromatic carbocycles. The Kier molecular flexibility index (Phi) is 2.15. The number of rotatable bonds is 1. The molecule has 0 fully saturated rings. The molecule has 0 saturated heterocycles. The maximum atomic E-state index is 2.50. The first-order valence-corrected chi connectivity index (χ1v) is 15.0. The van der Waals surface area contributed by atoms with Crippen LogP contribution in [0.3, 0.4) is 0 Å². The molecule has 0 amide bonds. The van der Waals surface area contributed by atoms with Gasteiger partial charge in [0.1, 0.15) is 0 Å². The molecule has 0 nitrogen and oxygen atoms in total. The van der Waals surface area contributed by atoms with Gasteiger partial charge in [0.05, 0.1) is 0 Å². The minimum atomic E-state index is -1.74. The number of hydrogen-bond acceptors (Lipinski definition) is 0. The summed E-state index contributed by atoms with van der Waals surface area (Å²) in [5.41, 5.74) is 9.05. The standard InChI is InChI=1S/C6H7.3CH3.Zn/c1-6-4-2-3-5-6;;;;/h2,4H,3H2,1H3;3*1H3;. The van der Waals surface area contributed by atoms with Crippen LogP contribution in [0.5, 0.6) is 0 Å². The Labute approximate surface area is 66.8 Å². The van der Waals surface area contributed by atoms with Crippen LogP contribution in [0.4, 0.5) is 0 Å². The van der Waals surface area contributed by atoms with Crippen LogP contribution < -0.4 is 0 Å². The molecule has 0 aromatic heterocycles. The number of allylic oxidation sites excluding steroid dienone is 4. The fraction of sp³-hybridized carbons (Fsp3) is 0.556. The van der Waals surface area contributed by atoms with Crippen LogP contribution in [0.25, 0.3) is 0 Å². The van der Waals surface area contributed by atoms with E-state index in [1.807, 2.05) is 4.17 Å². The SMILES string of the molecule is CC1=[C]([Zn]([CH3])([CH3])[CH3])CC=C1. The molecule has 1 aliphatic rings. The van der Waals surface area contributed by atoms with Crippen LogP contribution in [-0.4, -0.2) is 0 Å². The van der Waals surface area contributed by atoms with Crippen molar-refractivity contribution in [3.05, 3.63) is 21.9 Å². The maximum absolute atomic E-state index is 2.50. The summed E-state index contributed by atoms with van der Waals surface area (Å²) in [6, 6.07) is 0. The minimum absolute atomic E-state index is 1.26. The Morgan fingerprint density at radius 1 is 1.30 bits per heavy atom. The first-order valence-electron chi connectivity index (χ1n) is 4.61. The van der Waals surface area contributed by atoms with Gasteiger partial charge in [-0.1, -0.05) is 0 Å². The van der Waals surface area contributed by atoms with E-state index in [4.69, 9.17) is 0 Å². The van der Waals surface area contributed by atoms with Crippen molar-refractivity contribution in [2.75, 3.05) is 0 Å². The molecule has 1 heteroatoms. The molecule has 0 heterocycles. The van der Waals surface area contributed by atoms with E-state index in [-0.39, 0.29) is 0 Å². The molecule has 10 heavy (non-hydrogen) atoms. The molecule has 1 aliphatic carbocycles. The van der Waals surface area contributed by atoms with E-state index in [2.05, 4.69) is 35.6 Å². The summed E-state index contributed by atoms with van der Waals surface area (Å²) >= 11 is -1.74. The topological polar surface area (TPSA) is 0 Å². The van der Waals surface area contributed by atoms with Crippen LogP contribution >= 0.6 is 0 Å². The van der Waals surface area contributed by atoms with Crippen molar-refractivity contribution >= 4 is 0 Å². The summed E-state index contributed by atoms with van der Waals surface area (Å²) in [5, 5.41) is 0. The predicted octanol–water partition coefficient (Wildman–Crippen LogP) is 3.52. The fourth-order valence-corrected chi connectivity index (χ4v) is 7.85. The van der Waals surface area contributed by atoms with E-state index in [0.29, 0.717) is 0 Å². The van der Waals surface area contributed by atoms with E-state index in [1.165, 1.54) is 6.42 Å². The van der Waals surface area contributed by atoms with Crippen LogP contribution in [0.1, 0.15) is 13.3 Å². The zero-order valence-corrected chi connectivity index (χ0v) is 10.5. The van der Waals surface area contributed by atoms with Gasteiger partial charge in [-0.05, 0) is 0 Å². The third-order valence-electron chi connectivity index (χ3n) is 2.57. The zero-order valence-electron chi connectivity index (χ0n) is 7.57. The normalized spacial score (nSPS) is 17.2. The van der Waals surface area contributed by atoms with E-state index in [1.54, 1.807) is 5.57 Å². The van der Waals surface area contributed by atoms with Crippen molar-refractivity contribution < 1.29 is 14.8 Å². The summed E-state index contributed by atoms with van der Waals surface area (Å²) in [7, 11) is 0. The van der Waals surface area contributed by atoms with Gasteiger partial charge >= 0.3 is 66.6 Å². The van der Waals surface area contributed by atoms with Gasteiger partial charge in [-0.25, -0.2) is 0 Å². The van der Waals surface area contributed by atoms with Crippen molar-refractivity contribution in [3.8, 4) is 0 Å². The van der Waals surface area contributed by atoms with Crippen LogP contribution in [0.15, 0.2) is 21.9 Å². The Morgan fingerprint density at radius 2 is 1.90 bits per heavy atom. The molecule has 0 aliphatic heterocycles. The van der Waals surface area contributed by atoms with Gasteiger partial charge in [0.2, 0.25) is 0 Å². The Balaban J connectivity index is 2.86. The molecule has 0 aromatic rings. The molecular formula is C9H16Zn. The first kappa shape index (κ1) is 8.20. The van der Waals surface area contributed by atoms with E-state index in [9.17, 15) is 0 Å². The van der Waals surface area contributed by atoms with Gasteiger partial charge in [0, 0.05) is 0 Å². The van der Waals surface area contributed by atoms with Gasteiger partial charge in [0.25, 0.3) is 0 Å². The Hall–Kier alpha value is 0.103. The summed E-state index contributed by atoms with van der Waals surface area (Å²) < 4.78 is 1.81. The monoisotopic (exact) mass is 188 g/mol. The Morgan fingerprint density at radius 3 is 2.10 bits per heavy atom. The molecule has 0 atom stereocenters. The zero-order chi connectivity index (χ0) is 7.78. The second kappa shape index (κ2) is 2.62. The van der Waals surface area contributed by atoms with E-state index < -0.39 is 14.8 Å². The van der Waals surface area contributed by atoms with Gasteiger partial charge in [-0.3, -0.25) is 0 Å². The molecule has 54 valence electrons. The average Bonchev–Trinajstić information content (AvgIpc) is 2.11. The second-order valence-corrected chi connectivity index (χ2v) is 20.2. The average molecular weight is 190 g/mol. The van der Waals surface area contributed by atoms with Crippen molar-refractivity contribution in [1.29, 1.82) is 0 Å². The fourth-order valence-electron chi connectivity index (χ4n) is 1.93. The molecule has 0 bridgehead atoms. The van der Waals surface area contributed by atoms with E-state index in [0.717, 1.165) is 0 Å². The van der Waals surface area contributed by atoms with Crippen LogP contribution in [0.2, 0.25) is 16.6 Å². The van der Waals surface area contributed by atoms with Crippen molar-refractivity contribution in [1.82, 2.24) is 0 Å². The van der Waals surface area contributed by atoms with Gasteiger partial charge in [0.15, 0.2) is 0 Å². The van der Waals surface area contributed by atoms with Crippen molar-refractivity contribution in [3.63, 3.8) is 0 Å². The number of hydrogen-bond donors (Lipinski definition) is 0. The third kappa shape index (κ3) is 1.58. The molecule has 0 spiro atoms. The molecule has 1 rings (SSSR count). The van der Waals surface area contributed by atoms with Gasteiger partial charge < -0.3 is 0 Å². The second-order valence-electron chi connectivity index (χ2n) is 5.08. The molecule has 0 N–H and O–H groups in total. The predicted molar refractivity (Wildman–Crippen MR) is 44.0 cm³/mol. The van der Waals surface area contributed by atoms with Gasteiger partial charge in [-0.15, -0.1) is 0 Å². The Bertz CT molecular complexity index is 191. The molecule has 0 radical (unpaired) electrons. The summed E-state index contributed by atoms with van der Waals surface area (Å²) in [6.07, 6.45) is 5.84. The van der Waals surface area contributed by atoms with Crippen LogP contribution in [0, 0.1) is 0 Å². The van der Waals surface area contributed by atoms with Gasteiger partial charge in [-0.2, -0.15) is 0 Å². The van der Waals surface area contributed by atoms with Crippen molar-refractivity contribution in [2.45, 2.75) is 29.9 Å².